The van der Waals surface area contributed by atoms with E-state index in [4.69, 9.17) is 0 Å². The van der Waals surface area contributed by atoms with E-state index in [2.05, 4.69) is 25.2 Å². The molecule has 2 heteroatoms. The van der Waals surface area contributed by atoms with Crippen molar-refractivity contribution in [3.05, 3.63) is 29.8 Å². The maximum Gasteiger partial charge on any atom is 0.115 e. The maximum atomic E-state index is 9.36. The van der Waals surface area contributed by atoms with Crippen molar-refractivity contribution in [3.63, 3.8) is 0 Å². The summed E-state index contributed by atoms with van der Waals surface area (Å²) >= 11 is 0. The van der Waals surface area contributed by atoms with Crippen LogP contribution in [0.4, 0.5) is 0 Å². The monoisotopic (exact) mass is 221 g/mol. The van der Waals surface area contributed by atoms with Crippen molar-refractivity contribution < 1.29 is 5.11 Å². The molecule has 0 aromatic heterocycles. The molecule has 2 N–H and O–H groups in total. The number of phenolic OH excluding ortho intramolecular Hbond substituents is 1. The molecule has 2 nitrogen and oxygen atoms in total. The van der Waals surface area contributed by atoms with Gasteiger partial charge in [-0.05, 0) is 49.9 Å². The molecule has 0 saturated carbocycles. The van der Waals surface area contributed by atoms with Crippen LogP contribution in [0.3, 0.4) is 0 Å². The number of aromatic hydroxyl groups is 1. The summed E-state index contributed by atoms with van der Waals surface area (Å²) in [6.07, 6.45) is 4.52. The Bertz CT molecular complexity index is 299. The summed E-state index contributed by atoms with van der Waals surface area (Å²) in [7, 11) is 0. The Kier molecular flexibility index (Phi) is 5.94. The summed E-state index contributed by atoms with van der Waals surface area (Å²) in [6.45, 7) is 5.50. The summed E-state index contributed by atoms with van der Waals surface area (Å²) in [5.74, 6) is 0.368. The van der Waals surface area contributed by atoms with Gasteiger partial charge >= 0.3 is 0 Å². The summed E-state index contributed by atoms with van der Waals surface area (Å²) in [6, 6.07) is 8.15. The largest absolute Gasteiger partial charge is 0.508 e. The number of benzene rings is 1. The van der Waals surface area contributed by atoms with Crippen molar-refractivity contribution in [1.82, 2.24) is 5.32 Å². The van der Waals surface area contributed by atoms with Crippen LogP contribution in [0.2, 0.25) is 0 Å². The van der Waals surface area contributed by atoms with Gasteiger partial charge in [0.25, 0.3) is 0 Å². The van der Waals surface area contributed by atoms with Crippen molar-refractivity contribution in [3.8, 4) is 5.75 Å². The third-order valence-corrected chi connectivity index (χ3v) is 2.87. The van der Waals surface area contributed by atoms with Gasteiger partial charge in [0.1, 0.15) is 5.75 Å². The first-order valence-corrected chi connectivity index (χ1v) is 6.27. The Labute approximate surface area is 98.7 Å². The van der Waals surface area contributed by atoms with Crippen molar-refractivity contribution in [2.45, 2.75) is 45.6 Å². The Hall–Kier alpha value is -1.02. The van der Waals surface area contributed by atoms with E-state index in [0.29, 0.717) is 11.8 Å². The van der Waals surface area contributed by atoms with E-state index < -0.39 is 0 Å². The van der Waals surface area contributed by atoms with E-state index in [0.717, 1.165) is 19.4 Å². The fourth-order valence-corrected chi connectivity index (χ4v) is 1.85. The molecule has 0 aliphatic carbocycles. The molecule has 0 spiro atoms. The number of aryl methyl sites for hydroxylation is 1. The van der Waals surface area contributed by atoms with Crippen LogP contribution in [0, 0.1) is 0 Å². The predicted molar refractivity (Wildman–Crippen MR) is 68.8 cm³/mol. The highest BCUT2D eigenvalue weighted by molar-refractivity contribution is 5.27. The van der Waals surface area contributed by atoms with Gasteiger partial charge in [0.05, 0.1) is 0 Å². The lowest BCUT2D eigenvalue weighted by Gasteiger charge is -2.16. The number of phenols is 1. The molecule has 16 heavy (non-hydrogen) atoms. The van der Waals surface area contributed by atoms with Gasteiger partial charge in [-0.15, -0.1) is 0 Å². The fourth-order valence-electron chi connectivity index (χ4n) is 1.85. The number of hydrogen-bond donors (Lipinski definition) is 2. The molecule has 1 aromatic rings. The van der Waals surface area contributed by atoms with Crippen molar-refractivity contribution in [2.24, 2.45) is 0 Å². The SMILES string of the molecule is CCCNC(CC)CCc1cccc(O)c1. The molecule has 1 aromatic carbocycles. The summed E-state index contributed by atoms with van der Waals surface area (Å²) in [4.78, 5) is 0. The second kappa shape index (κ2) is 7.29. The van der Waals surface area contributed by atoms with Gasteiger partial charge in [0.15, 0.2) is 0 Å². The lowest BCUT2D eigenvalue weighted by molar-refractivity contribution is 0.463. The Balaban J connectivity index is 2.37. The standard InChI is InChI=1S/C14H23NO/c1-3-10-15-13(4-2)9-8-12-6-5-7-14(16)11-12/h5-7,11,13,15-16H,3-4,8-10H2,1-2H3. The molecule has 0 amide bonds. The average molecular weight is 221 g/mol. The molecular weight excluding hydrogens is 198 g/mol. The lowest BCUT2D eigenvalue weighted by atomic mass is 10.0. The minimum Gasteiger partial charge on any atom is -0.508 e. The topological polar surface area (TPSA) is 32.3 Å². The third-order valence-electron chi connectivity index (χ3n) is 2.87. The van der Waals surface area contributed by atoms with E-state index in [1.165, 1.54) is 18.4 Å². The molecule has 1 unspecified atom stereocenters. The van der Waals surface area contributed by atoms with Gasteiger partial charge in [0, 0.05) is 6.04 Å². The van der Waals surface area contributed by atoms with Gasteiger partial charge in [-0.1, -0.05) is 26.0 Å². The van der Waals surface area contributed by atoms with Crippen LogP contribution in [0.1, 0.15) is 38.7 Å². The predicted octanol–water partition coefficient (Wildman–Crippen LogP) is 3.10. The fraction of sp³-hybridized carbons (Fsp3) is 0.571. The van der Waals surface area contributed by atoms with Gasteiger partial charge in [-0.3, -0.25) is 0 Å². The first-order chi connectivity index (χ1) is 7.76. The number of hydrogen-bond acceptors (Lipinski definition) is 2. The Morgan fingerprint density at radius 1 is 1.31 bits per heavy atom. The van der Waals surface area contributed by atoms with Gasteiger partial charge < -0.3 is 10.4 Å². The van der Waals surface area contributed by atoms with E-state index >= 15 is 0 Å². The van der Waals surface area contributed by atoms with Crippen LogP contribution in [0.25, 0.3) is 0 Å². The zero-order valence-electron chi connectivity index (χ0n) is 10.4. The second-order valence-electron chi connectivity index (χ2n) is 4.27. The van der Waals surface area contributed by atoms with Crippen molar-refractivity contribution in [1.29, 1.82) is 0 Å². The molecule has 0 heterocycles. The Morgan fingerprint density at radius 2 is 2.12 bits per heavy atom. The van der Waals surface area contributed by atoms with Crippen LogP contribution < -0.4 is 5.32 Å². The van der Waals surface area contributed by atoms with Crippen molar-refractivity contribution >= 4 is 0 Å². The zero-order valence-corrected chi connectivity index (χ0v) is 10.4. The van der Waals surface area contributed by atoms with Crippen LogP contribution in [-0.2, 0) is 6.42 Å². The molecule has 90 valence electrons. The highest BCUT2D eigenvalue weighted by atomic mass is 16.3. The van der Waals surface area contributed by atoms with Crippen LogP contribution in [0.15, 0.2) is 24.3 Å². The smallest absolute Gasteiger partial charge is 0.115 e. The summed E-state index contributed by atoms with van der Waals surface area (Å²) in [5, 5.41) is 12.9. The highest BCUT2D eigenvalue weighted by Gasteiger charge is 2.05. The molecule has 0 aliphatic heterocycles. The second-order valence-corrected chi connectivity index (χ2v) is 4.27. The van der Waals surface area contributed by atoms with Gasteiger partial charge in [-0.25, -0.2) is 0 Å². The molecule has 0 radical (unpaired) electrons. The normalized spacial score (nSPS) is 12.6. The van der Waals surface area contributed by atoms with Crippen molar-refractivity contribution in [2.75, 3.05) is 6.54 Å². The van der Waals surface area contributed by atoms with Crippen LogP contribution >= 0.6 is 0 Å². The average Bonchev–Trinajstić information content (AvgIpc) is 2.29. The molecule has 0 aliphatic rings. The van der Waals surface area contributed by atoms with E-state index in [-0.39, 0.29) is 0 Å². The first kappa shape index (κ1) is 13.0. The van der Waals surface area contributed by atoms with E-state index in [1.54, 1.807) is 6.07 Å². The Morgan fingerprint density at radius 3 is 2.75 bits per heavy atom. The van der Waals surface area contributed by atoms with E-state index in [1.807, 2.05) is 12.1 Å². The molecular formula is C14H23NO. The van der Waals surface area contributed by atoms with E-state index in [9.17, 15) is 5.11 Å². The first-order valence-electron chi connectivity index (χ1n) is 6.27. The van der Waals surface area contributed by atoms with Crippen LogP contribution in [0.5, 0.6) is 5.75 Å². The number of rotatable bonds is 7. The van der Waals surface area contributed by atoms with Gasteiger partial charge in [-0.2, -0.15) is 0 Å². The lowest BCUT2D eigenvalue weighted by Crippen LogP contribution is -2.29. The summed E-state index contributed by atoms with van der Waals surface area (Å²) in [5.41, 5.74) is 1.22. The summed E-state index contributed by atoms with van der Waals surface area (Å²) < 4.78 is 0. The molecule has 0 bridgehead atoms. The molecule has 1 atom stereocenters. The van der Waals surface area contributed by atoms with Crippen LogP contribution in [-0.4, -0.2) is 17.7 Å². The number of nitrogens with one attached hydrogen (secondary N) is 1. The third kappa shape index (κ3) is 4.67. The minimum absolute atomic E-state index is 0.368. The quantitative estimate of drug-likeness (QED) is 0.741. The zero-order chi connectivity index (χ0) is 11.8. The highest BCUT2D eigenvalue weighted by Crippen LogP contribution is 2.13. The molecule has 0 saturated heterocycles. The minimum atomic E-state index is 0.368. The molecule has 1 rings (SSSR count). The van der Waals surface area contributed by atoms with Gasteiger partial charge in [0.2, 0.25) is 0 Å². The maximum absolute atomic E-state index is 9.36. The molecule has 0 fully saturated rings.